The van der Waals surface area contributed by atoms with Crippen LogP contribution in [0, 0.1) is 5.82 Å². The molecule has 0 unspecified atom stereocenters. The zero-order valence-electron chi connectivity index (χ0n) is 17.0. The van der Waals surface area contributed by atoms with Gasteiger partial charge in [0.2, 0.25) is 5.91 Å². The van der Waals surface area contributed by atoms with E-state index in [2.05, 4.69) is 15.3 Å². The molecule has 0 spiro atoms. The molecule has 0 saturated heterocycles. The van der Waals surface area contributed by atoms with Crippen molar-refractivity contribution in [2.24, 2.45) is 0 Å². The summed E-state index contributed by atoms with van der Waals surface area (Å²) >= 11 is 2.46. The number of nitrogens with one attached hydrogen (secondary N) is 1. The van der Waals surface area contributed by atoms with Crippen molar-refractivity contribution < 1.29 is 18.7 Å². The summed E-state index contributed by atoms with van der Waals surface area (Å²) in [6, 6.07) is 15.3. The molecule has 0 saturated carbocycles. The molecule has 0 fully saturated rings. The minimum Gasteiger partial charge on any atom is -0.462 e. The van der Waals surface area contributed by atoms with Crippen LogP contribution in [0.1, 0.15) is 22.3 Å². The summed E-state index contributed by atoms with van der Waals surface area (Å²) in [5.74, 6) is -1.09. The molecule has 0 radical (unpaired) electrons. The van der Waals surface area contributed by atoms with Gasteiger partial charge in [-0.2, -0.15) is 0 Å². The molecular weight excluding hydrogens is 449 g/mol. The molecule has 0 aliphatic heterocycles. The molecule has 2 aromatic carbocycles. The number of hydrogen-bond donors (Lipinski definition) is 1. The van der Waals surface area contributed by atoms with Crippen molar-refractivity contribution in [3.63, 3.8) is 0 Å². The van der Waals surface area contributed by atoms with Crippen LogP contribution in [0.5, 0.6) is 0 Å². The fourth-order valence-electron chi connectivity index (χ4n) is 2.94. The summed E-state index contributed by atoms with van der Waals surface area (Å²) in [7, 11) is 0. The number of rotatable bonds is 7. The van der Waals surface area contributed by atoms with Gasteiger partial charge in [-0.05, 0) is 31.2 Å². The van der Waals surface area contributed by atoms with Gasteiger partial charge >= 0.3 is 5.97 Å². The maximum absolute atomic E-state index is 13.1. The van der Waals surface area contributed by atoms with E-state index < -0.39 is 5.97 Å². The molecule has 32 heavy (non-hydrogen) atoms. The fraction of sp³-hybridized carbons (Fsp3) is 0.130. The Morgan fingerprint density at radius 1 is 1.03 bits per heavy atom. The van der Waals surface area contributed by atoms with Crippen LogP contribution in [0.15, 0.2) is 60.0 Å². The van der Waals surface area contributed by atoms with Crippen molar-refractivity contribution in [3.05, 3.63) is 76.4 Å². The zero-order chi connectivity index (χ0) is 22.5. The smallest absolute Gasteiger partial charge is 0.350 e. The average molecular weight is 468 g/mol. The van der Waals surface area contributed by atoms with Gasteiger partial charge < -0.3 is 10.1 Å². The second kappa shape index (κ2) is 9.80. The molecular formula is C23H18FN3O3S2. The standard InChI is InChI=1S/C23H18FN3O3S2/c1-2-30-22(29)20-19(14-6-4-3-5-7-14)27-23(32-20)26-18(28)12-17-13-31-21(25-17)15-8-10-16(24)11-9-15/h3-11,13H,2,12H2,1H3,(H,26,27,28). The predicted octanol–water partition coefficient (Wildman–Crippen LogP) is 5.43. The number of aromatic nitrogens is 2. The predicted molar refractivity (Wildman–Crippen MR) is 123 cm³/mol. The monoisotopic (exact) mass is 467 g/mol. The van der Waals surface area contributed by atoms with E-state index in [1.807, 2.05) is 30.3 Å². The van der Waals surface area contributed by atoms with E-state index in [4.69, 9.17) is 4.74 Å². The van der Waals surface area contributed by atoms with E-state index >= 15 is 0 Å². The third-order valence-corrected chi connectivity index (χ3v) is 6.26. The Hall–Kier alpha value is -3.43. The zero-order valence-corrected chi connectivity index (χ0v) is 18.6. The van der Waals surface area contributed by atoms with Gasteiger partial charge in [0, 0.05) is 16.5 Å². The maximum Gasteiger partial charge on any atom is 0.350 e. The third kappa shape index (κ3) is 5.06. The summed E-state index contributed by atoms with van der Waals surface area (Å²) in [6.45, 7) is 1.98. The van der Waals surface area contributed by atoms with Crippen LogP contribution in [0.2, 0.25) is 0 Å². The van der Waals surface area contributed by atoms with E-state index in [0.717, 1.165) is 22.5 Å². The first-order valence-electron chi connectivity index (χ1n) is 9.77. The highest BCUT2D eigenvalue weighted by Crippen LogP contribution is 2.32. The van der Waals surface area contributed by atoms with Crippen molar-refractivity contribution >= 4 is 39.7 Å². The number of nitrogens with zero attached hydrogens (tertiary/aromatic N) is 2. The molecule has 9 heteroatoms. The maximum atomic E-state index is 13.1. The minimum atomic E-state index is -0.479. The highest BCUT2D eigenvalue weighted by Gasteiger charge is 2.21. The number of hydrogen-bond acceptors (Lipinski definition) is 7. The van der Waals surface area contributed by atoms with E-state index in [-0.39, 0.29) is 24.8 Å². The van der Waals surface area contributed by atoms with Crippen molar-refractivity contribution in [2.45, 2.75) is 13.3 Å². The highest BCUT2D eigenvalue weighted by atomic mass is 32.1. The Bertz CT molecular complexity index is 1240. The fourth-order valence-corrected chi connectivity index (χ4v) is 4.66. The van der Waals surface area contributed by atoms with Crippen LogP contribution < -0.4 is 5.32 Å². The number of benzene rings is 2. The van der Waals surface area contributed by atoms with Gasteiger partial charge in [-0.15, -0.1) is 11.3 Å². The molecule has 0 atom stereocenters. The molecule has 1 amide bonds. The van der Waals surface area contributed by atoms with Gasteiger partial charge in [-0.3, -0.25) is 4.79 Å². The van der Waals surface area contributed by atoms with E-state index in [1.54, 1.807) is 24.4 Å². The first-order chi connectivity index (χ1) is 15.5. The van der Waals surface area contributed by atoms with Crippen molar-refractivity contribution in [3.8, 4) is 21.8 Å². The average Bonchev–Trinajstić information content (AvgIpc) is 3.42. The number of amides is 1. The second-order valence-corrected chi connectivity index (χ2v) is 8.52. The Morgan fingerprint density at radius 3 is 2.50 bits per heavy atom. The van der Waals surface area contributed by atoms with Crippen molar-refractivity contribution in [1.82, 2.24) is 9.97 Å². The summed E-state index contributed by atoms with van der Waals surface area (Å²) in [6.07, 6.45) is 0.0483. The molecule has 6 nitrogen and oxygen atoms in total. The molecule has 2 aromatic heterocycles. The number of anilines is 1. The van der Waals surface area contributed by atoms with Crippen molar-refractivity contribution in [2.75, 3.05) is 11.9 Å². The Balaban J connectivity index is 1.50. The molecule has 4 aromatic rings. The van der Waals surface area contributed by atoms with Gasteiger partial charge in [-0.1, -0.05) is 41.7 Å². The van der Waals surface area contributed by atoms with E-state index in [9.17, 15) is 14.0 Å². The quantitative estimate of drug-likeness (QED) is 0.367. The Kier molecular flexibility index (Phi) is 6.67. The lowest BCUT2D eigenvalue weighted by molar-refractivity contribution is -0.115. The number of halogens is 1. The lowest BCUT2D eigenvalue weighted by Crippen LogP contribution is -2.14. The van der Waals surface area contributed by atoms with Crippen LogP contribution in [-0.2, 0) is 16.0 Å². The van der Waals surface area contributed by atoms with Gasteiger partial charge in [0.1, 0.15) is 15.7 Å². The summed E-state index contributed by atoms with van der Waals surface area (Å²) in [4.78, 5) is 34.2. The van der Waals surface area contributed by atoms with E-state index in [0.29, 0.717) is 26.4 Å². The highest BCUT2D eigenvalue weighted by molar-refractivity contribution is 7.18. The molecule has 162 valence electrons. The van der Waals surface area contributed by atoms with Gasteiger partial charge in [0.15, 0.2) is 5.13 Å². The largest absolute Gasteiger partial charge is 0.462 e. The van der Waals surface area contributed by atoms with Gasteiger partial charge in [0.05, 0.1) is 24.4 Å². The van der Waals surface area contributed by atoms with E-state index in [1.165, 1.54) is 23.5 Å². The van der Waals surface area contributed by atoms with Gasteiger partial charge in [-0.25, -0.2) is 19.2 Å². The number of ether oxygens (including phenoxy) is 1. The number of carbonyl (C=O) groups is 2. The normalized spacial score (nSPS) is 10.7. The molecule has 1 N–H and O–H groups in total. The van der Waals surface area contributed by atoms with Crippen molar-refractivity contribution in [1.29, 1.82) is 0 Å². The van der Waals surface area contributed by atoms with Crippen LogP contribution in [-0.4, -0.2) is 28.5 Å². The Labute approximate surface area is 191 Å². The third-order valence-electron chi connectivity index (χ3n) is 4.37. The SMILES string of the molecule is CCOC(=O)c1sc(NC(=O)Cc2csc(-c3ccc(F)cc3)n2)nc1-c1ccccc1. The summed E-state index contributed by atoms with van der Waals surface area (Å²) < 4.78 is 18.3. The molecule has 0 bridgehead atoms. The second-order valence-electron chi connectivity index (χ2n) is 6.66. The lowest BCUT2D eigenvalue weighted by Gasteiger charge is -2.01. The van der Waals surface area contributed by atoms with Crippen LogP contribution in [0.4, 0.5) is 9.52 Å². The number of esters is 1. The lowest BCUT2D eigenvalue weighted by atomic mass is 10.1. The van der Waals surface area contributed by atoms with Gasteiger partial charge in [0.25, 0.3) is 0 Å². The minimum absolute atomic E-state index is 0.0483. The first kappa shape index (κ1) is 21.8. The molecule has 2 heterocycles. The molecule has 4 rings (SSSR count). The van der Waals surface area contributed by atoms with Crippen LogP contribution in [0.25, 0.3) is 21.8 Å². The molecule has 0 aliphatic rings. The first-order valence-corrected chi connectivity index (χ1v) is 11.5. The van der Waals surface area contributed by atoms with Crippen LogP contribution in [0.3, 0.4) is 0 Å². The number of carbonyl (C=O) groups excluding carboxylic acids is 2. The topological polar surface area (TPSA) is 81.2 Å². The number of thiazole rings is 2. The van der Waals surface area contributed by atoms with Crippen LogP contribution >= 0.6 is 22.7 Å². The Morgan fingerprint density at radius 2 is 1.78 bits per heavy atom. The molecule has 0 aliphatic carbocycles. The summed E-state index contributed by atoms with van der Waals surface area (Å²) in [5, 5.41) is 5.56. The summed E-state index contributed by atoms with van der Waals surface area (Å²) in [5.41, 5.74) is 2.61.